The molecule has 118 valence electrons. The van der Waals surface area contributed by atoms with Crippen molar-refractivity contribution in [2.45, 2.75) is 24.5 Å². The van der Waals surface area contributed by atoms with Gasteiger partial charge in [-0.1, -0.05) is 0 Å². The number of nitrogens with two attached hydrogens (primary N) is 1. The molecule has 0 amide bonds. The number of fused-ring (bicyclic) bond motifs is 2. The Kier molecular flexibility index (Phi) is 3.12. The number of aromatic nitrogens is 4. The Bertz CT molecular complexity index is 729. The first-order valence-corrected chi connectivity index (χ1v) is 9.04. The van der Waals surface area contributed by atoms with Crippen LogP contribution in [0.15, 0.2) is 12.5 Å². The summed E-state index contributed by atoms with van der Waals surface area (Å²) in [4.78, 5) is 22.1. The summed E-state index contributed by atoms with van der Waals surface area (Å²) in [5, 5.41) is 10.5. The van der Waals surface area contributed by atoms with Gasteiger partial charge in [0.25, 0.3) is 0 Å². The molecule has 2 fully saturated rings. The van der Waals surface area contributed by atoms with Crippen molar-refractivity contribution in [1.82, 2.24) is 19.5 Å². The first kappa shape index (κ1) is 14.3. The molecule has 0 unspecified atom stereocenters. The Hall–Kier alpha value is -1.36. The van der Waals surface area contributed by atoms with Crippen molar-refractivity contribution in [3.63, 3.8) is 0 Å². The van der Waals surface area contributed by atoms with Crippen molar-refractivity contribution in [3.8, 4) is 0 Å². The third-order valence-electron chi connectivity index (χ3n) is 3.79. The number of imidazole rings is 1. The third kappa shape index (κ3) is 2.18. The van der Waals surface area contributed by atoms with Crippen LogP contribution in [0.5, 0.6) is 0 Å². The molecule has 0 radical (unpaired) electrons. The summed E-state index contributed by atoms with van der Waals surface area (Å²) in [5.41, 5.74) is 6.60. The second kappa shape index (κ2) is 4.82. The number of ether oxygens (including phenoxy) is 1. The van der Waals surface area contributed by atoms with Gasteiger partial charge in [0.2, 0.25) is 0 Å². The molecule has 0 spiro atoms. The van der Waals surface area contributed by atoms with E-state index in [0.29, 0.717) is 11.2 Å². The van der Waals surface area contributed by atoms with E-state index in [0.717, 1.165) is 0 Å². The molecule has 0 saturated carbocycles. The maximum atomic E-state index is 10.5. The van der Waals surface area contributed by atoms with E-state index in [1.54, 1.807) is 4.57 Å². The van der Waals surface area contributed by atoms with Crippen LogP contribution in [0.3, 0.4) is 0 Å². The van der Waals surface area contributed by atoms with Gasteiger partial charge in [-0.05, 0) is 0 Å². The predicted octanol–water partition coefficient (Wildman–Crippen LogP) is -1.88. The fourth-order valence-corrected chi connectivity index (χ4v) is 4.12. The van der Waals surface area contributed by atoms with Crippen molar-refractivity contribution in [2.24, 2.45) is 0 Å². The van der Waals surface area contributed by atoms with Crippen LogP contribution in [0.2, 0.25) is 0 Å². The number of aliphatic hydroxyl groups excluding tert-OH is 1. The van der Waals surface area contributed by atoms with Crippen molar-refractivity contribution < 1.29 is 23.8 Å². The molecular weight excluding hydrogens is 312 g/mol. The van der Waals surface area contributed by atoms with Crippen LogP contribution in [0.1, 0.15) is 6.23 Å². The summed E-state index contributed by atoms with van der Waals surface area (Å²) in [6, 6.07) is 0. The fourth-order valence-electron chi connectivity index (χ4n) is 2.78. The van der Waals surface area contributed by atoms with Crippen LogP contribution >= 0.6 is 7.82 Å². The number of nitrogens with zero attached hydrogens (tertiary/aromatic N) is 4. The van der Waals surface area contributed by atoms with E-state index < -0.39 is 32.4 Å². The predicted molar refractivity (Wildman–Crippen MR) is 79.6 cm³/mol. The maximum absolute atomic E-state index is 10.5. The van der Waals surface area contributed by atoms with E-state index in [-0.39, 0.29) is 12.6 Å². The van der Waals surface area contributed by atoms with E-state index in [4.69, 9.17) is 19.5 Å². The molecule has 0 aromatic carbocycles. The molecular formula is C10H15BN5O5P. The van der Waals surface area contributed by atoms with Crippen LogP contribution < -0.4 is 5.73 Å². The minimum atomic E-state index is -3.21. The standard InChI is InChI=1S/C10H15BN5O5P/c11-22(18)19-2-5-7(21-22)6(17)9(20-5)16-3-14-4-1-13-10(12)15-8(4)16/h1,3,5-7,9,17-18,22H,2,11H2,(H2,12,13,15)/t5-,6+,7+,9-/m1/s1. The molecule has 4 N–H and O–H groups in total. The van der Waals surface area contributed by atoms with Gasteiger partial charge in [-0.3, -0.25) is 0 Å². The molecule has 0 bridgehead atoms. The number of anilines is 1. The van der Waals surface area contributed by atoms with Gasteiger partial charge in [0, 0.05) is 0 Å². The van der Waals surface area contributed by atoms with Gasteiger partial charge >= 0.3 is 125 Å². The topological polar surface area (TPSA) is 138 Å². The van der Waals surface area contributed by atoms with Crippen molar-refractivity contribution in [2.75, 3.05) is 12.3 Å². The SMILES string of the molecule is B[PH]1(O)OC[C@H]2O[C@@H](n3cnc4cnc(N)nc43)[C@@H](O)[C@H]2O1. The quantitative estimate of drug-likeness (QED) is 0.406. The van der Waals surface area contributed by atoms with Gasteiger partial charge in [0.05, 0.1) is 0 Å². The summed E-state index contributed by atoms with van der Waals surface area (Å²) in [7, 11) is -1.70. The molecule has 2 aliphatic rings. The van der Waals surface area contributed by atoms with Gasteiger partial charge in [-0.25, -0.2) is 0 Å². The monoisotopic (exact) mass is 327 g/mol. The molecule has 4 rings (SSSR count). The molecule has 4 atom stereocenters. The molecule has 2 aliphatic heterocycles. The Morgan fingerprint density at radius 1 is 1.45 bits per heavy atom. The molecule has 0 aliphatic carbocycles. The van der Waals surface area contributed by atoms with Crippen LogP contribution in [0.4, 0.5) is 5.95 Å². The van der Waals surface area contributed by atoms with Gasteiger partial charge < -0.3 is 0 Å². The van der Waals surface area contributed by atoms with Gasteiger partial charge in [-0.2, -0.15) is 0 Å². The van der Waals surface area contributed by atoms with E-state index >= 15 is 0 Å². The number of aliphatic hydroxyl groups is 1. The zero-order valence-electron chi connectivity index (χ0n) is 11.7. The Balaban J connectivity index is 1.69. The Labute approximate surface area is 126 Å². The van der Waals surface area contributed by atoms with Crippen LogP contribution in [-0.4, -0.2) is 62.0 Å². The molecule has 2 saturated heterocycles. The van der Waals surface area contributed by atoms with Crippen LogP contribution in [-0.2, 0) is 13.8 Å². The third-order valence-corrected chi connectivity index (χ3v) is 5.20. The second-order valence-corrected chi connectivity index (χ2v) is 7.76. The van der Waals surface area contributed by atoms with Crippen LogP contribution in [0, 0.1) is 0 Å². The zero-order valence-corrected chi connectivity index (χ0v) is 12.7. The minimum absolute atomic E-state index is 0.106. The van der Waals surface area contributed by atoms with E-state index in [9.17, 15) is 10.00 Å². The van der Waals surface area contributed by atoms with Gasteiger partial charge in [0.1, 0.15) is 0 Å². The second-order valence-electron chi connectivity index (χ2n) is 5.44. The molecule has 10 nitrogen and oxygen atoms in total. The van der Waals surface area contributed by atoms with Crippen molar-refractivity contribution >= 4 is 32.5 Å². The summed E-state index contributed by atoms with van der Waals surface area (Å²) in [5.74, 6) is 0.106. The fraction of sp³-hybridized carbons (Fsp3) is 0.500. The number of rotatable bonds is 1. The average molecular weight is 327 g/mol. The summed E-state index contributed by atoms with van der Waals surface area (Å²) >= 11 is 0. The van der Waals surface area contributed by atoms with E-state index in [2.05, 4.69) is 15.0 Å². The normalized spacial score (nSPS) is 35.4. The summed E-state index contributed by atoms with van der Waals surface area (Å²) in [6.07, 6.45) is 0.143. The number of hydrogen-bond acceptors (Lipinski definition) is 9. The number of nitrogen functional groups attached to an aromatic ring is 1. The van der Waals surface area contributed by atoms with Crippen molar-refractivity contribution in [1.29, 1.82) is 0 Å². The molecule has 2 aromatic rings. The summed E-state index contributed by atoms with van der Waals surface area (Å²) in [6.45, 7) is 0.168. The first-order chi connectivity index (χ1) is 10.4. The van der Waals surface area contributed by atoms with E-state index in [1.165, 1.54) is 20.1 Å². The van der Waals surface area contributed by atoms with Crippen molar-refractivity contribution in [3.05, 3.63) is 12.5 Å². The summed E-state index contributed by atoms with van der Waals surface area (Å²) < 4.78 is 18.1. The molecule has 12 heteroatoms. The van der Waals surface area contributed by atoms with E-state index in [1.807, 2.05) is 0 Å². The van der Waals surface area contributed by atoms with Gasteiger partial charge in [0.15, 0.2) is 0 Å². The average Bonchev–Trinajstić information content (AvgIpc) is 3.00. The molecule has 2 aromatic heterocycles. The van der Waals surface area contributed by atoms with Crippen LogP contribution in [0.25, 0.3) is 11.2 Å². The number of hydrogen-bond donors (Lipinski definition) is 3. The molecule has 4 heterocycles. The molecule has 22 heavy (non-hydrogen) atoms. The zero-order chi connectivity index (χ0) is 15.5. The first-order valence-electron chi connectivity index (χ1n) is 6.77. The van der Waals surface area contributed by atoms with Gasteiger partial charge in [-0.15, -0.1) is 0 Å². The Morgan fingerprint density at radius 2 is 2.27 bits per heavy atom. The Morgan fingerprint density at radius 3 is 3.09 bits per heavy atom.